The lowest BCUT2D eigenvalue weighted by atomic mass is 9.97. The van der Waals surface area contributed by atoms with Crippen molar-refractivity contribution in [3.05, 3.63) is 34.4 Å². The van der Waals surface area contributed by atoms with Gasteiger partial charge in [0.05, 0.1) is 0 Å². The number of hydrogen-bond acceptors (Lipinski definition) is 1. The van der Waals surface area contributed by atoms with E-state index >= 15 is 0 Å². The third-order valence-electron chi connectivity index (χ3n) is 2.14. The number of halogens is 3. The van der Waals surface area contributed by atoms with Crippen LogP contribution in [0.4, 0.5) is 8.78 Å². The summed E-state index contributed by atoms with van der Waals surface area (Å²) in [6.45, 7) is 3.90. The zero-order chi connectivity index (χ0) is 11.6. The van der Waals surface area contributed by atoms with Gasteiger partial charge in [-0.25, -0.2) is 8.78 Å². The van der Waals surface area contributed by atoms with Crippen LogP contribution >= 0.6 is 11.6 Å². The molecule has 1 nitrogen and oxygen atoms in total. The van der Waals surface area contributed by atoms with E-state index in [1.54, 1.807) is 0 Å². The third-order valence-corrected chi connectivity index (χ3v) is 2.36. The largest absolute Gasteiger partial charge is 0.324 e. The molecular weight excluding hydrogens is 220 g/mol. The second kappa shape index (κ2) is 4.90. The Labute approximate surface area is 93.2 Å². The third kappa shape index (κ3) is 3.14. The molecule has 0 aliphatic rings. The maximum atomic E-state index is 13.4. The molecule has 0 aliphatic heterocycles. The maximum Gasteiger partial charge on any atom is 0.132 e. The lowest BCUT2D eigenvalue weighted by molar-refractivity contribution is 0.463. The molecule has 0 aliphatic carbocycles. The van der Waals surface area contributed by atoms with Crippen LogP contribution in [0.1, 0.15) is 31.9 Å². The smallest absolute Gasteiger partial charge is 0.132 e. The average Bonchev–Trinajstić information content (AvgIpc) is 1.99. The van der Waals surface area contributed by atoms with Crippen LogP contribution < -0.4 is 5.73 Å². The van der Waals surface area contributed by atoms with Gasteiger partial charge in [-0.15, -0.1) is 0 Å². The van der Waals surface area contributed by atoms with Crippen molar-refractivity contribution in [3.8, 4) is 0 Å². The summed E-state index contributed by atoms with van der Waals surface area (Å²) >= 11 is 5.51. The summed E-state index contributed by atoms with van der Waals surface area (Å²) in [5, 5.41) is 0.0468. The van der Waals surface area contributed by atoms with Crippen LogP contribution in [0.2, 0.25) is 5.02 Å². The molecule has 0 radical (unpaired) electrons. The molecule has 0 fully saturated rings. The van der Waals surface area contributed by atoms with E-state index in [-0.39, 0.29) is 16.5 Å². The molecule has 0 amide bonds. The predicted molar refractivity (Wildman–Crippen MR) is 57.8 cm³/mol. The van der Waals surface area contributed by atoms with E-state index in [0.717, 1.165) is 12.1 Å². The molecule has 1 rings (SSSR count). The Morgan fingerprint density at radius 3 is 2.13 bits per heavy atom. The van der Waals surface area contributed by atoms with Crippen molar-refractivity contribution in [2.45, 2.75) is 26.3 Å². The first kappa shape index (κ1) is 12.4. The Morgan fingerprint density at radius 2 is 1.73 bits per heavy atom. The van der Waals surface area contributed by atoms with Crippen molar-refractivity contribution in [2.24, 2.45) is 11.7 Å². The van der Waals surface area contributed by atoms with Crippen LogP contribution in [0, 0.1) is 17.6 Å². The van der Waals surface area contributed by atoms with Gasteiger partial charge in [-0.3, -0.25) is 0 Å². The standard InChI is InChI=1S/C11H14ClF2N/c1-6(2)3-10(15)11-8(13)4-7(12)5-9(11)14/h4-6,10H,3,15H2,1-2H3/t10-/m1/s1. The Balaban J connectivity index is 3.03. The number of rotatable bonds is 3. The minimum atomic E-state index is -0.673. The average molecular weight is 234 g/mol. The summed E-state index contributed by atoms with van der Waals surface area (Å²) in [6.07, 6.45) is 0.537. The van der Waals surface area contributed by atoms with Gasteiger partial charge in [0, 0.05) is 16.6 Å². The molecule has 0 heterocycles. The van der Waals surface area contributed by atoms with Crippen LogP contribution in [-0.4, -0.2) is 0 Å². The summed E-state index contributed by atoms with van der Waals surface area (Å²) in [5.74, 6) is -1.06. The van der Waals surface area contributed by atoms with Crippen molar-refractivity contribution in [3.63, 3.8) is 0 Å². The summed E-state index contributed by atoms with van der Waals surface area (Å²) in [6, 6.07) is 1.54. The highest BCUT2D eigenvalue weighted by molar-refractivity contribution is 6.30. The Morgan fingerprint density at radius 1 is 1.27 bits per heavy atom. The number of benzene rings is 1. The normalized spacial score (nSPS) is 13.3. The fourth-order valence-corrected chi connectivity index (χ4v) is 1.72. The number of nitrogens with two attached hydrogens (primary N) is 1. The van der Waals surface area contributed by atoms with Gasteiger partial charge in [0.1, 0.15) is 11.6 Å². The van der Waals surface area contributed by atoms with Gasteiger partial charge in [0.15, 0.2) is 0 Å². The van der Waals surface area contributed by atoms with Crippen LogP contribution in [0.25, 0.3) is 0 Å². The molecule has 0 aromatic heterocycles. The van der Waals surface area contributed by atoms with E-state index in [1.165, 1.54) is 0 Å². The highest BCUT2D eigenvalue weighted by atomic mass is 35.5. The predicted octanol–water partition coefficient (Wildman–Crippen LogP) is 3.66. The first-order chi connectivity index (χ1) is 6.91. The molecule has 1 atom stereocenters. The van der Waals surface area contributed by atoms with Crippen molar-refractivity contribution in [2.75, 3.05) is 0 Å². The SMILES string of the molecule is CC(C)C[C@@H](N)c1c(F)cc(Cl)cc1F. The van der Waals surface area contributed by atoms with Gasteiger partial charge < -0.3 is 5.73 Å². The monoisotopic (exact) mass is 233 g/mol. The molecule has 1 aromatic rings. The molecule has 0 saturated heterocycles. The van der Waals surface area contributed by atoms with Crippen molar-refractivity contribution in [1.82, 2.24) is 0 Å². The van der Waals surface area contributed by atoms with Crippen LogP contribution in [0.5, 0.6) is 0 Å². The number of hydrogen-bond donors (Lipinski definition) is 1. The molecule has 0 unspecified atom stereocenters. The summed E-state index contributed by atoms with van der Waals surface area (Å²) < 4.78 is 26.8. The van der Waals surface area contributed by atoms with Crippen LogP contribution in [0.15, 0.2) is 12.1 Å². The minimum absolute atomic E-state index is 0.0468. The fourth-order valence-electron chi connectivity index (χ4n) is 1.53. The maximum absolute atomic E-state index is 13.4. The topological polar surface area (TPSA) is 26.0 Å². The molecule has 0 bridgehead atoms. The molecule has 84 valence electrons. The van der Waals surface area contributed by atoms with Crippen LogP contribution in [-0.2, 0) is 0 Å². The quantitative estimate of drug-likeness (QED) is 0.847. The van der Waals surface area contributed by atoms with E-state index in [4.69, 9.17) is 17.3 Å². The molecule has 4 heteroatoms. The highest BCUT2D eigenvalue weighted by Crippen LogP contribution is 2.26. The summed E-state index contributed by atoms with van der Waals surface area (Å²) in [5.41, 5.74) is 5.65. The van der Waals surface area contributed by atoms with E-state index in [9.17, 15) is 8.78 Å². The highest BCUT2D eigenvalue weighted by Gasteiger charge is 2.18. The first-order valence-electron chi connectivity index (χ1n) is 4.81. The Bertz CT molecular complexity index is 329. The van der Waals surface area contributed by atoms with Gasteiger partial charge >= 0.3 is 0 Å². The van der Waals surface area contributed by atoms with Gasteiger partial charge in [-0.05, 0) is 24.5 Å². The van der Waals surface area contributed by atoms with Crippen molar-refractivity contribution >= 4 is 11.6 Å². The Hall–Kier alpha value is -0.670. The second-order valence-corrected chi connectivity index (χ2v) is 4.46. The summed E-state index contributed by atoms with van der Waals surface area (Å²) in [7, 11) is 0. The molecule has 1 aromatic carbocycles. The van der Waals surface area contributed by atoms with Gasteiger partial charge in [-0.1, -0.05) is 25.4 Å². The molecule has 0 spiro atoms. The molecule has 0 saturated carbocycles. The lowest BCUT2D eigenvalue weighted by Gasteiger charge is -2.16. The fraction of sp³-hybridized carbons (Fsp3) is 0.455. The Kier molecular flexibility index (Phi) is 4.05. The second-order valence-electron chi connectivity index (χ2n) is 4.02. The minimum Gasteiger partial charge on any atom is -0.324 e. The van der Waals surface area contributed by atoms with Gasteiger partial charge in [-0.2, -0.15) is 0 Å². The lowest BCUT2D eigenvalue weighted by Crippen LogP contribution is -2.16. The van der Waals surface area contributed by atoms with E-state index in [2.05, 4.69) is 0 Å². The van der Waals surface area contributed by atoms with Gasteiger partial charge in [0.2, 0.25) is 0 Å². The first-order valence-corrected chi connectivity index (χ1v) is 5.19. The van der Waals surface area contributed by atoms with E-state index < -0.39 is 17.7 Å². The molecular formula is C11H14ClF2N. The molecule has 2 N–H and O–H groups in total. The van der Waals surface area contributed by atoms with Gasteiger partial charge in [0.25, 0.3) is 0 Å². The summed E-state index contributed by atoms with van der Waals surface area (Å²) in [4.78, 5) is 0. The van der Waals surface area contributed by atoms with Crippen molar-refractivity contribution < 1.29 is 8.78 Å². The zero-order valence-corrected chi connectivity index (χ0v) is 9.48. The van der Waals surface area contributed by atoms with E-state index in [1.807, 2.05) is 13.8 Å². The van der Waals surface area contributed by atoms with Crippen molar-refractivity contribution in [1.29, 1.82) is 0 Å². The van der Waals surface area contributed by atoms with E-state index in [0.29, 0.717) is 6.42 Å². The molecule has 15 heavy (non-hydrogen) atoms. The zero-order valence-electron chi connectivity index (χ0n) is 8.73. The van der Waals surface area contributed by atoms with Crippen LogP contribution in [0.3, 0.4) is 0 Å².